The molecule has 0 unspecified atom stereocenters. The number of amides is 1. The first-order valence-corrected chi connectivity index (χ1v) is 12.3. The number of halogens is 1. The quantitative estimate of drug-likeness (QED) is 0.370. The molecule has 2 radical (unpaired) electrons. The summed E-state index contributed by atoms with van der Waals surface area (Å²) in [7, 11) is 7.12. The summed E-state index contributed by atoms with van der Waals surface area (Å²) < 4.78 is 18.3. The minimum atomic E-state index is -0.662. The van der Waals surface area contributed by atoms with Gasteiger partial charge in [0.15, 0.2) is 0 Å². The molecule has 0 bridgehead atoms. The molecule has 1 aliphatic carbocycles. The molecule has 1 fully saturated rings. The van der Waals surface area contributed by atoms with Gasteiger partial charge in [0.25, 0.3) is 11.1 Å². The zero-order valence-corrected chi connectivity index (χ0v) is 21.0. The maximum atomic E-state index is 14.6. The van der Waals surface area contributed by atoms with Crippen LogP contribution in [0.5, 0.6) is 0 Å². The van der Waals surface area contributed by atoms with E-state index >= 15 is 0 Å². The van der Waals surface area contributed by atoms with Crippen molar-refractivity contribution in [2.45, 2.75) is 38.6 Å². The predicted octanol–water partition coefficient (Wildman–Crippen LogP) is 2.60. The monoisotopic (exact) mass is 513 g/mol. The van der Waals surface area contributed by atoms with Gasteiger partial charge in [-0.05, 0) is 49.6 Å². The molecule has 2 aromatic heterocycles. The van der Waals surface area contributed by atoms with Gasteiger partial charge in [0.1, 0.15) is 24.7 Å². The van der Waals surface area contributed by atoms with E-state index in [1.54, 1.807) is 24.3 Å². The lowest BCUT2D eigenvalue weighted by atomic mass is 9.96. The molecule has 4 aromatic rings. The average Bonchev–Trinajstić information content (AvgIpc) is 3.69. The number of aromatic nitrogens is 3. The molecule has 2 N–H and O–H groups in total. The third kappa shape index (κ3) is 4.55. The number of carbonyl (C=O) groups excluding carboxylic acids is 1. The van der Waals surface area contributed by atoms with Crippen molar-refractivity contribution in [2.75, 3.05) is 10.6 Å². The summed E-state index contributed by atoms with van der Waals surface area (Å²) in [5.41, 5.74) is -0.532. The summed E-state index contributed by atoms with van der Waals surface area (Å²) in [4.78, 5) is 52.7. The zero-order valence-electron chi connectivity index (χ0n) is 21.0. The first-order valence-electron chi connectivity index (χ1n) is 12.3. The van der Waals surface area contributed by atoms with E-state index in [1.807, 2.05) is 6.92 Å². The molecular weight excluding hydrogens is 488 g/mol. The smallest absolute Gasteiger partial charge is 0.337 e. The summed E-state index contributed by atoms with van der Waals surface area (Å²) >= 11 is 0. The van der Waals surface area contributed by atoms with Gasteiger partial charge in [-0.15, -0.1) is 0 Å². The summed E-state index contributed by atoms with van der Waals surface area (Å²) in [6.45, 7) is 1.89. The van der Waals surface area contributed by atoms with Crippen LogP contribution in [0, 0.1) is 5.82 Å². The fourth-order valence-electron chi connectivity index (χ4n) is 4.50. The molecule has 9 nitrogen and oxygen atoms in total. The third-order valence-electron chi connectivity index (χ3n) is 6.49. The molecule has 2 aromatic carbocycles. The summed E-state index contributed by atoms with van der Waals surface area (Å²) in [5, 5.41) is 5.72. The SMILES string of the molecule is [B]c1ccc(Nc2cc(=O)n(C)c3c2c(=O)n(C2CC2)c(=O)n3-c2cccc(NC(=O)CCC)c2)c(F)c1. The Balaban J connectivity index is 1.80. The summed E-state index contributed by atoms with van der Waals surface area (Å²) in [5.74, 6) is -0.834. The number of rotatable bonds is 7. The van der Waals surface area contributed by atoms with Crippen LogP contribution in [0.1, 0.15) is 38.6 Å². The molecule has 0 spiro atoms. The van der Waals surface area contributed by atoms with Crippen LogP contribution in [0.25, 0.3) is 16.7 Å². The number of hydrogen-bond acceptors (Lipinski definition) is 5. The molecule has 1 saturated carbocycles. The maximum absolute atomic E-state index is 14.6. The Morgan fingerprint density at radius 3 is 2.53 bits per heavy atom. The van der Waals surface area contributed by atoms with Crippen molar-refractivity contribution in [1.82, 2.24) is 13.7 Å². The zero-order chi connectivity index (χ0) is 27.1. The number of nitrogens with zero attached hydrogens (tertiary/aromatic N) is 3. The topological polar surface area (TPSA) is 107 Å². The van der Waals surface area contributed by atoms with Crippen LogP contribution in [-0.4, -0.2) is 27.5 Å². The maximum Gasteiger partial charge on any atom is 0.337 e. The second kappa shape index (κ2) is 9.81. The van der Waals surface area contributed by atoms with Crippen molar-refractivity contribution in [3.63, 3.8) is 0 Å². The second-order valence-corrected chi connectivity index (χ2v) is 9.39. The van der Waals surface area contributed by atoms with Crippen LogP contribution in [-0.2, 0) is 11.8 Å². The van der Waals surface area contributed by atoms with Crippen molar-refractivity contribution in [2.24, 2.45) is 7.05 Å². The Bertz CT molecular complexity index is 1770. The van der Waals surface area contributed by atoms with Crippen molar-refractivity contribution in [3.05, 3.63) is 85.5 Å². The van der Waals surface area contributed by atoms with E-state index in [1.165, 1.54) is 38.9 Å². The fourth-order valence-corrected chi connectivity index (χ4v) is 4.50. The van der Waals surface area contributed by atoms with Crippen LogP contribution in [0.2, 0.25) is 0 Å². The van der Waals surface area contributed by atoms with Gasteiger partial charge < -0.3 is 10.6 Å². The molecule has 0 aliphatic heterocycles. The highest BCUT2D eigenvalue weighted by atomic mass is 19.1. The molecule has 11 heteroatoms. The van der Waals surface area contributed by atoms with E-state index in [-0.39, 0.29) is 39.8 Å². The lowest BCUT2D eigenvalue weighted by Gasteiger charge is -2.19. The number of aryl methyl sites for hydroxylation is 1. The normalized spacial score (nSPS) is 13.0. The molecule has 0 saturated heterocycles. The van der Waals surface area contributed by atoms with E-state index in [4.69, 9.17) is 7.85 Å². The van der Waals surface area contributed by atoms with Crippen LogP contribution in [0.15, 0.2) is 62.9 Å². The van der Waals surface area contributed by atoms with Crippen molar-refractivity contribution in [1.29, 1.82) is 0 Å². The second-order valence-electron chi connectivity index (χ2n) is 9.39. The van der Waals surface area contributed by atoms with Gasteiger partial charge in [-0.3, -0.25) is 23.5 Å². The number of nitrogens with one attached hydrogen (secondary N) is 2. The molecule has 1 aliphatic rings. The lowest BCUT2D eigenvalue weighted by Crippen LogP contribution is -2.41. The highest BCUT2D eigenvalue weighted by molar-refractivity contribution is 6.32. The largest absolute Gasteiger partial charge is 0.352 e. The van der Waals surface area contributed by atoms with Crippen LogP contribution < -0.4 is 32.9 Å². The third-order valence-corrected chi connectivity index (χ3v) is 6.49. The Morgan fingerprint density at radius 2 is 1.84 bits per heavy atom. The van der Waals surface area contributed by atoms with Gasteiger partial charge >= 0.3 is 5.69 Å². The first-order chi connectivity index (χ1) is 18.2. The van der Waals surface area contributed by atoms with Gasteiger partial charge in [0.05, 0.1) is 17.1 Å². The van der Waals surface area contributed by atoms with Gasteiger partial charge in [0.2, 0.25) is 5.91 Å². The van der Waals surface area contributed by atoms with Gasteiger partial charge in [0, 0.05) is 31.3 Å². The fraction of sp³-hybridized carbons (Fsp3) is 0.259. The lowest BCUT2D eigenvalue weighted by molar-refractivity contribution is -0.116. The number of hydrogen-bond donors (Lipinski definition) is 2. The number of benzene rings is 2. The molecule has 38 heavy (non-hydrogen) atoms. The Kier molecular flexibility index (Phi) is 6.52. The summed E-state index contributed by atoms with van der Waals surface area (Å²) in [6.07, 6.45) is 2.34. The van der Waals surface area contributed by atoms with Crippen molar-refractivity contribution in [3.8, 4) is 5.69 Å². The average molecular weight is 513 g/mol. The minimum Gasteiger partial charge on any atom is -0.352 e. The Morgan fingerprint density at radius 1 is 1.08 bits per heavy atom. The molecule has 0 atom stereocenters. The van der Waals surface area contributed by atoms with Gasteiger partial charge in [-0.25, -0.2) is 13.8 Å². The molecule has 5 rings (SSSR count). The van der Waals surface area contributed by atoms with Crippen molar-refractivity contribution >= 4 is 47.3 Å². The molecule has 192 valence electrons. The van der Waals surface area contributed by atoms with E-state index in [9.17, 15) is 23.6 Å². The predicted molar refractivity (Wildman–Crippen MR) is 146 cm³/mol. The minimum absolute atomic E-state index is 0.0181. The summed E-state index contributed by atoms with van der Waals surface area (Å²) in [6, 6.07) is 11.6. The molecule has 2 heterocycles. The number of fused-ring (bicyclic) bond motifs is 1. The van der Waals surface area contributed by atoms with E-state index in [0.29, 0.717) is 37.1 Å². The highest BCUT2D eigenvalue weighted by Gasteiger charge is 2.31. The van der Waals surface area contributed by atoms with E-state index in [2.05, 4.69) is 10.6 Å². The first kappa shape index (κ1) is 25.3. The molecular formula is C27H25BFN5O4. The number of carbonyl (C=O) groups is 1. The van der Waals surface area contributed by atoms with E-state index in [0.717, 1.165) is 6.07 Å². The molecule has 1 amide bonds. The van der Waals surface area contributed by atoms with Gasteiger partial charge in [-0.1, -0.05) is 24.5 Å². The number of anilines is 3. The highest BCUT2D eigenvalue weighted by Crippen LogP contribution is 2.33. The standard InChI is InChI=1S/C27H25BFN5O4/c1-3-5-22(35)30-16-6-4-7-18(13-16)33-25-24(26(37)34(27(33)38)17-9-10-17)21(14-23(36)32(25)2)31-20-11-8-15(28)12-19(20)29/h4,6-8,11-14,17,31H,3,5,9-10H2,1-2H3,(H,30,35). The Labute approximate surface area is 217 Å². The van der Waals surface area contributed by atoms with Crippen LogP contribution in [0.4, 0.5) is 21.5 Å². The van der Waals surface area contributed by atoms with Crippen LogP contribution >= 0.6 is 0 Å². The van der Waals surface area contributed by atoms with Gasteiger partial charge in [-0.2, -0.15) is 0 Å². The Hall–Kier alpha value is -4.41. The number of pyridine rings is 1. The van der Waals surface area contributed by atoms with E-state index < -0.39 is 22.6 Å². The van der Waals surface area contributed by atoms with Crippen molar-refractivity contribution < 1.29 is 9.18 Å². The van der Waals surface area contributed by atoms with Crippen LogP contribution in [0.3, 0.4) is 0 Å².